The molecule has 0 spiro atoms. The second-order valence-corrected chi connectivity index (χ2v) is 8.65. The molecule has 1 aromatic carbocycles. The van der Waals surface area contributed by atoms with Crippen molar-refractivity contribution in [1.82, 2.24) is 24.3 Å². The molecule has 0 aliphatic carbocycles. The van der Waals surface area contributed by atoms with Crippen molar-refractivity contribution >= 4 is 46.1 Å². The number of nitrogens with zero attached hydrogens (tertiary/aromatic N) is 5. The lowest BCUT2D eigenvalue weighted by molar-refractivity contribution is -0.116. The van der Waals surface area contributed by atoms with Crippen LogP contribution in [0.25, 0.3) is 16.7 Å². The van der Waals surface area contributed by atoms with Crippen LogP contribution in [0, 0.1) is 6.92 Å². The molecular weight excluding hydrogens is 436 g/mol. The van der Waals surface area contributed by atoms with Crippen molar-refractivity contribution in [1.29, 1.82) is 0 Å². The van der Waals surface area contributed by atoms with E-state index in [2.05, 4.69) is 20.4 Å². The number of hydrogen-bond donors (Lipinski definition) is 1. The molecule has 0 saturated heterocycles. The number of hydrogen-bond acceptors (Lipinski definition) is 6. The zero-order valence-corrected chi connectivity index (χ0v) is 18.0. The van der Waals surface area contributed by atoms with E-state index in [0.717, 1.165) is 11.3 Å². The van der Waals surface area contributed by atoms with Crippen molar-refractivity contribution in [2.24, 2.45) is 0 Å². The van der Waals surface area contributed by atoms with E-state index < -0.39 is 0 Å². The van der Waals surface area contributed by atoms with Gasteiger partial charge >= 0.3 is 0 Å². The third kappa shape index (κ3) is 3.60. The van der Waals surface area contributed by atoms with E-state index in [0.29, 0.717) is 32.8 Å². The summed E-state index contributed by atoms with van der Waals surface area (Å²) >= 11 is 7.43. The molecule has 1 aliphatic rings. The number of thioether (sulfide) groups is 1. The Morgan fingerprint density at radius 1 is 1.29 bits per heavy atom. The second-order valence-electron chi connectivity index (χ2n) is 7.23. The molecule has 0 bridgehead atoms. The number of carbonyl (C=O) groups excluding carboxylic acids is 1. The normalized spacial score (nSPS) is 15.2. The van der Waals surface area contributed by atoms with Crippen LogP contribution in [0.2, 0.25) is 5.02 Å². The molecule has 4 heterocycles. The van der Waals surface area contributed by atoms with Crippen LogP contribution in [-0.4, -0.2) is 36.0 Å². The van der Waals surface area contributed by atoms with Gasteiger partial charge in [0.05, 0.1) is 17.9 Å². The zero-order valence-electron chi connectivity index (χ0n) is 16.4. The summed E-state index contributed by atoms with van der Waals surface area (Å²) in [7, 11) is 0. The highest BCUT2D eigenvalue weighted by Crippen LogP contribution is 2.33. The molecule has 5 rings (SSSR count). The van der Waals surface area contributed by atoms with Crippen molar-refractivity contribution in [3.8, 4) is 5.69 Å². The number of rotatable bonds is 4. The Morgan fingerprint density at radius 3 is 2.87 bits per heavy atom. The van der Waals surface area contributed by atoms with Crippen LogP contribution in [0.4, 0.5) is 5.82 Å². The van der Waals surface area contributed by atoms with Gasteiger partial charge in [0.15, 0.2) is 10.8 Å². The number of amides is 1. The minimum Gasteiger partial charge on any atom is -0.310 e. The highest BCUT2D eigenvalue weighted by molar-refractivity contribution is 7.99. The number of anilines is 1. The number of halogens is 1. The van der Waals surface area contributed by atoms with Crippen molar-refractivity contribution in [3.63, 3.8) is 0 Å². The number of aromatic nitrogens is 5. The molecule has 3 aromatic heterocycles. The molecule has 1 unspecified atom stereocenters. The highest BCUT2D eigenvalue weighted by Gasteiger charge is 2.29. The third-order valence-electron chi connectivity index (χ3n) is 5.13. The van der Waals surface area contributed by atoms with Crippen LogP contribution in [0.3, 0.4) is 0 Å². The maximum absolute atomic E-state index is 13.2. The summed E-state index contributed by atoms with van der Waals surface area (Å²) in [5.74, 6) is 0.935. The van der Waals surface area contributed by atoms with Gasteiger partial charge in [-0.3, -0.25) is 14.2 Å². The number of benzene rings is 1. The van der Waals surface area contributed by atoms with Gasteiger partial charge in [0.1, 0.15) is 11.2 Å². The van der Waals surface area contributed by atoms with Gasteiger partial charge in [-0.05, 0) is 42.8 Å². The number of pyridine rings is 1. The average molecular weight is 453 g/mol. The predicted octanol–water partition coefficient (Wildman–Crippen LogP) is 3.61. The van der Waals surface area contributed by atoms with E-state index in [9.17, 15) is 9.59 Å². The Bertz CT molecular complexity index is 1360. The minimum atomic E-state index is -0.285. The predicted molar refractivity (Wildman–Crippen MR) is 120 cm³/mol. The van der Waals surface area contributed by atoms with E-state index >= 15 is 0 Å². The average Bonchev–Trinajstić information content (AvgIpc) is 3.35. The summed E-state index contributed by atoms with van der Waals surface area (Å²) in [6.45, 7) is 1.88. The topological polar surface area (TPSA) is 94.7 Å². The largest absolute Gasteiger partial charge is 0.310 e. The van der Waals surface area contributed by atoms with Gasteiger partial charge in [-0.15, -0.1) is 0 Å². The lowest BCUT2D eigenvalue weighted by Crippen LogP contribution is -2.28. The third-order valence-corrected chi connectivity index (χ3v) is 6.48. The van der Waals surface area contributed by atoms with Crippen molar-refractivity contribution in [2.45, 2.75) is 24.5 Å². The molecule has 10 heteroatoms. The van der Waals surface area contributed by atoms with Crippen LogP contribution in [-0.2, 0) is 4.79 Å². The fourth-order valence-electron chi connectivity index (χ4n) is 3.57. The first-order valence-corrected chi connectivity index (χ1v) is 11.0. The zero-order chi connectivity index (χ0) is 21.5. The molecule has 1 amide bonds. The lowest BCUT2D eigenvalue weighted by atomic mass is 10.2. The molecule has 0 saturated carbocycles. The van der Waals surface area contributed by atoms with Crippen LogP contribution < -0.4 is 10.9 Å². The van der Waals surface area contributed by atoms with Gasteiger partial charge in [-0.2, -0.15) is 5.10 Å². The molecule has 0 fully saturated rings. The molecule has 31 heavy (non-hydrogen) atoms. The van der Waals surface area contributed by atoms with Gasteiger partial charge in [0.25, 0.3) is 5.56 Å². The number of aryl methyl sites for hydroxylation is 1. The Morgan fingerprint density at radius 2 is 2.10 bits per heavy atom. The van der Waals surface area contributed by atoms with Gasteiger partial charge in [-0.1, -0.05) is 29.4 Å². The maximum atomic E-state index is 13.2. The van der Waals surface area contributed by atoms with Crippen LogP contribution in [0.15, 0.2) is 58.7 Å². The molecular formula is C21H17ClN6O2S. The van der Waals surface area contributed by atoms with E-state index in [-0.39, 0.29) is 23.9 Å². The Hall–Kier alpha value is -3.17. The highest BCUT2D eigenvalue weighted by atomic mass is 35.5. The van der Waals surface area contributed by atoms with Gasteiger partial charge in [0, 0.05) is 23.4 Å². The first-order valence-electron chi connectivity index (χ1n) is 9.62. The van der Waals surface area contributed by atoms with Crippen molar-refractivity contribution in [3.05, 3.63) is 69.7 Å². The molecule has 8 nitrogen and oxygen atoms in total. The monoisotopic (exact) mass is 452 g/mol. The fraction of sp³-hybridized carbons (Fsp3) is 0.190. The first kappa shape index (κ1) is 19.8. The summed E-state index contributed by atoms with van der Waals surface area (Å²) < 4.78 is 3.23. The van der Waals surface area contributed by atoms with Gasteiger partial charge < -0.3 is 5.32 Å². The van der Waals surface area contributed by atoms with E-state index in [1.165, 1.54) is 18.0 Å². The van der Waals surface area contributed by atoms with E-state index in [1.807, 2.05) is 31.2 Å². The Kier molecular flexibility index (Phi) is 4.99. The summed E-state index contributed by atoms with van der Waals surface area (Å²) in [5.41, 5.74) is 1.94. The lowest BCUT2D eigenvalue weighted by Gasteiger charge is -2.14. The maximum Gasteiger partial charge on any atom is 0.265 e. The summed E-state index contributed by atoms with van der Waals surface area (Å²) in [6, 6.07) is 10.6. The van der Waals surface area contributed by atoms with Crippen molar-refractivity contribution < 1.29 is 4.79 Å². The quantitative estimate of drug-likeness (QED) is 0.475. The number of carbonyl (C=O) groups is 1. The minimum absolute atomic E-state index is 0.161. The smallest absolute Gasteiger partial charge is 0.265 e. The van der Waals surface area contributed by atoms with Gasteiger partial charge in [-0.25, -0.2) is 14.6 Å². The Labute approximate surface area is 186 Å². The molecule has 1 aliphatic heterocycles. The van der Waals surface area contributed by atoms with Crippen LogP contribution in [0.5, 0.6) is 0 Å². The van der Waals surface area contributed by atoms with E-state index in [1.54, 1.807) is 27.6 Å². The van der Waals surface area contributed by atoms with E-state index in [4.69, 9.17) is 11.6 Å². The fourth-order valence-corrected chi connectivity index (χ4v) is 4.82. The molecule has 156 valence electrons. The van der Waals surface area contributed by atoms with Gasteiger partial charge in [0.2, 0.25) is 5.91 Å². The number of nitrogens with one attached hydrogen (secondary N) is 1. The summed E-state index contributed by atoms with van der Waals surface area (Å²) in [4.78, 5) is 34.7. The van der Waals surface area contributed by atoms with Crippen LogP contribution >= 0.6 is 23.4 Å². The van der Waals surface area contributed by atoms with Crippen molar-refractivity contribution in [2.75, 3.05) is 11.1 Å². The Balaban J connectivity index is 1.45. The molecule has 0 radical (unpaired) electrons. The molecule has 4 aromatic rings. The molecule has 1 atom stereocenters. The first-order chi connectivity index (χ1) is 15.0. The number of fused-ring (bicyclic) bond motifs is 2. The van der Waals surface area contributed by atoms with Crippen LogP contribution in [0.1, 0.15) is 18.0 Å². The summed E-state index contributed by atoms with van der Waals surface area (Å²) in [6.07, 6.45) is 3.31. The standard InChI is InChI=1S/C21H17ClN6O2S/c1-12-3-2-8-23-18(12)25-17(29)9-15-11-31-21-26-19-16(20(30)27(15)21)10-24-28(19)14-6-4-13(22)5-7-14/h2-8,10,15H,9,11H2,1H3,(H,23,25,29). The SMILES string of the molecule is Cc1cccnc1NC(=O)CC1CSc2nc3c(cnn3-c3ccc(Cl)cc3)c(=O)n21. The summed E-state index contributed by atoms with van der Waals surface area (Å²) in [5, 5.41) is 8.79. The second kappa shape index (κ2) is 7.82. The molecule has 1 N–H and O–H groups in total.